The SMILES string of the molecule is Oc1cc(O)c2c(c1)Oc1cc(O)cc(O)c1O2. The van der Waals surface area contributed by atoms with Crippen LogP contribution < -0.4 is 9.47 Å². The third-order valence-electron chi connectivity index (χ3n) is 2.46. The maximum Gasteiger partial charge on any atom is 0.212 e. The first-order chi connectivity index (χ1) is 8.54. The van der Waals surface area contributed by atoms with Crippen LogP contribution in [-0.2, 0) is 0 Å². The van der Waals surface area contributed by atoms with Crippen molar-refractivity contribution in [3.63, 3.8) is 0 Å². The molecule has 0 bridgehead atoms. The van der Waals surface area contributed by atoms with Gasteiger partial charge < -0.3 is 29.9 Å². The van der Waals surface area contributed by atoms with Gasteiger partial charge in [-0.15, -0.1) is 0 Å². The fourth-order valence-corrected chi connectivity index (χ4v) is 1.72. The lowest BCUT2D eigenvalue weighted by molar-refractivity contribution is 0.315. The van der Waals surface area contributed by atoms with Crippen LogP contribution in [0.3, 0.4) is 0 Å². The second kappa shape index (κ2) is 3.36. The van der Waals surface area contributed by atoms with Gasteiger partial charge >= 0.3 is 0 Å². The van der Waals surface area contributed by atoms with E-state index in [1.165, 1.54) is 12.1 Å². The van der Waals surface area contributed by atoms with Gasteiger partial charge in [-0.2, -0.15) is 0 Å². The number of hydrogen-bond donors (Lipinski definition) is 4. The van der Waals surface area contributed by atoms with Gasteiger partial charge in [-0.1, -0.05) is 0 Å². The Hall–Kier alpha value is -2.76. The van der Waals surface area contributed by atoms with E-state index in [0.29, 0.717) is 0 Å². The van der Waals surface area contributed by atoms with Gasteiger partial charge in [-0.25, -0.2) is 0 Å². The maximum atomic E-state index is 9.61. The molecule has 6 nitrogen and oxygen atoms in total. The summed E-state index contributed by atoms with van der Waals surface area (Å²) >= 11 is 0. The van der Waals surface area contributed by atoms with Gasteiger partial charge in [-0.3, -0.25) is 0 Å². The van der Waals surface area contributed by atoms with Crippen molar-refractivity contribution in [3.8, 4) is 46.0 Å². The third kappa shape index (κ3) is 1.43. The van der Waals surface area contributed by atoms with E-state index in [0.717, 1.165) is 12.1 Å². The highest BCUT2D eigenvalue weighted by Crippen LogP contribution is 2.54. The first-order valence-electron chi connectivity index (χ1n) is 5.02. The number of ether oxygens (including phenoxy) is 2. The van der Waals surface area contributed by atoms with Gasteiger partial charge in [0.05, 0.1) is 0 Å². The molecule has 0 radical (unpaired) electrons. The summed E-state index contributed by atoms with van der Waals surface area (Å²) in [6.07, 6.45) is 0. The Morgan fingerprint density at radius 2 is 1.06 bits per heavy atom. The number of aromatic hydroxyl groups is 4. The summed E-state index contributed by atoms with van der Waals surface area (Å²) in [5.41, 5.74) is 0. The van der Waals surface area contributed by atoms with Crippen LogP contribution in [0.15, 0.2) is 24.3 Å². The van der Waals surface area contributed by atoms with Crippen LogP contribution in [0.2, 0.25) is 0 Å². The van der Waals surface area contributed by atoms with Crippen LogP contribution in [0.4, 0.5) is 0 Å². The zero-order chi connectivity index (χ0) is 12.9. The topological polar surface area (TPSA) is 99.4 Å². The molecule has 0 spiro atoms. The maximum absolute atomic E-state index is 9.61. The van der Waals surface area contributed by atoms with E-state index in [4.69, 9.17) is 9.47 Å². The minimum atomic E-state index is -0.317. The lowest BCUT2D eigenvalue weighted by atomic mass is 10.2. The molecule has 0 aliphatic carbocycles. The molecule has 6 heteroatoms. The number of phenolic OH excluding ortho intramolecular Hbond substituents is 4. The normalized spacial score (nSPS) is 12.0. The minimum absolute atomic E-state index is 0.0127. The van der Waals surface area contributed by atoms with Crippen molar-refractivity contribution in [2.75, 3.05) is 0 Å². The average molecular weight is 248 g/mol. The van der Waals surface area contributed by atoms with Crippen LogP contribution in [0, 0.1) is 0 Å². The van der Waals surface area contributed by atoms with Gasteiger partial charge in [0.1, 0.15) is 11.5 Å². The van der Waals surface area contributed by atoms with E-state index < -0.39 is 0 Å². The summed E-state index contributed by atoms with van der Waals surface area (Å²) in [4.78, 5) is 0. The van der Waals surface area contributed by atoms with Crippen molar-refractivity contribution >= 4 is 0 Å². The Bertz CT molecular complexity index is 594. The van der Waals surface area contributed by atoms with E-state index in [9.17, 15) is 20.4 Å². The van der Waals surface area contributed by atoms with Crippen molar-refractivity contribution in [1.29, 1.82) is 0 Å². The van der Waals surface area contributed by atoms with E-state index in [1.54, 1.807) is 0 Å². The summed E-state index contributed by atoms with van der Waals surface area (Å²) in [6.45, 7) is 0. The number of phenols is 4. The first kappa shape index (κ1) is 10.4. The molecule has 1 aliphatic heterocycles. The fraction of sp³-hybridized carbons (Fsp3) is 0. The lowest BCUT2D eigenvalue weighted by Gasteiger charge is -2.22. The van der Waals surface area contributed by atoms with Crippen molar-refractivity contribution < 1.29 is 29.9 Å². The Kier molecular flexibility index (Phi) is 1.94. The Morgan fingerprint density at radius 3 is 1.50 bits per heavy atom. The second-order valence-corrected chi connectivity index (χ2v) is 3.79. The largest absolute Gasteiger partial charge is 0.508 e. The van der Waals surface area contributed by atoms with E-state index >= 15 is 0 Å². The molecule has 1 aliphatic rings. The molecular weight excluding hydrogens is 240 g/mol. The summed E-state index contributed by atoms with van der Waals surface area (Å²) in [5.74, 6) is -0.867. The quantitative estimate of drug-likeness (QED) is 0.487. The Labute approximate surface area is 101 Å². The van der Waals surface area contributed by atoms with E-state index in [1.807, 2.05) is 0 Å². The van der Waals surface area contributed by atoms with E-state index in [2.05, 4.69) is 0 Å². The summed E-state index contributed by atoms with van der Waals surface area (Å²) < 4.78 is 10.6. The van der Waals surface area contributed by atoms with Crippen molar-refractivity contribution in [2.24, 2.45) is 0 Å². The standard InChI is InChI=1S/C12H8O6/c13-5-1-7(15)11-9(3-5)17-10-4-6(14)2-8(16)12(10)18-11/h1-4,13-16H. The van der Waals surface area contributed by atoms with Gasteiger partial charge in [0.25, 0.3) is 0 Å². The predicted octanol–water partition coefficient (Wildman–Crippen LogP) is 2.41. The number of benzene rings is 2. The second-order valence-electron chi connectivity index (χ2n) is 3.79. The van der Waals surface area contributed by atoms with Crippen LogP contribution >= 0.6 is 0 Å². The molecule has 4 N–H and O–H groups in total. The zero-order valence-corrected chi connectivity index (χ0v) is 8.91. The highest BCUT2D eigenvalue weighted by Gasteiger charge is 2.26. The van der Waals surface area contributed by atoms with Crippen LogP contribution in [0.25, 0.3) is 0 Å². The van der Waals surface area contributed by atoms with Crippen LogP contribution in [-0.4, -0.2) is 20.4 Å². The minimum Gasteiger partial charge on any atom is -0.508 e. The summed E-state index contributed by atoms with van der Waals surface area (Å²) in [5, 5.41) is 37.9. The molecule has 0 amide bonds. The highest BCUT2D eigenvalue weighted by molar-refractivity contribution is 5.65. The first-order valence-corrected chi connectivity index (χ1v) is 5.02. The monoisotopic (exact) mass is 248 g/mol. The van der Waals surface area contributed by atoms with Crippen molar-refractivity contribution in [1.82, 2.24) is 0 Å². The number of rotatable bonds is 0. The molecule has 2 aromatic carbocycles. The molecule has 0 fully saturated rings. The third-order valence-corrected chi connectivity index (χ3v) is 2.46. The molecular formula is C12H8O6. The molecule has 0 saturated heterocycles. The predicted molar refractivity (Wildman–Crippen MR) is 59.7 cm³/mol. The fourth-order valence-electron chi connectivity index (χ4n) is 1.72. The molecule has 0 saturated carbocycles. The van der Waals surface area contributed by atoms with E-state index in [-0.39, 0.29) is 46.0 Å². The van der Waals surface area contributed by atoms with Gasteiger partial charge in [0.2, 0.25) is 11.5 Å². The molecule has 1 heterocycles. The number of fused-ring (bicyclic) bond motifs is 2. The zero-order valence-electron chi connectivity index (χ0n) is 8.91. The van der Waals surface area contributed by atoms with Crippen LogP contribution in [0.5, 0.6) is 46.0 Å². The van der Waals surface area contributed by atoms with Gasteiger partial charge in [0, 0.05) is 24.3 Å². The molecule has 3 rings (SSSR count). The molecule has 0 aromatic heterocycles. The molecule has 18 heavy (non-hydrogen) atoms. The van der Waals surface area contributed by atoms with Crippen molar-refractivity contribution in [2.45, 2.75) is 0 Å². The number of hydrogen-bond acceptors (Lipinski definition) is 6. The van der Waals surface area contributed by atoms with Gasteiger partial charge in [-0.05, 0) is 0 Å². The highest BCUT2D eigenvalue weighted by atomic mass is 16.6. The molecule has 92 valence electrons. The summed E-state index contributed by atoms with van der Waals surface area (Å²) in [6, 6.07) is 4.67. The lowest BCUT2D eigenvalue weighted by Crippen LogP contribution is -1.99. The van der Waals surface area contributed by atoms with Crippen LogP contribution in [0.1, 0.15) is 0 Å². The Morgan fingerprint density at radius 1 is 0.611 bits per heavy atom. The Balaban J connectivity index is 2.18. The molecule has 0 unspecified atom stereocenters. The average Bonchev–Trinajstić information content (AvgIpc) is 2.26. The summed E-state index contributed by atoms with van der Waals surface area (Å²) in [7, 11) is 0. The van der Waals surface area contributed by atoms with Gasteiger partial charge in [0.15, 0.2) is 23.0 Å². The van der Waals surface area contributed by atoms with Crippen molar-refractivity contribution in [3.05, 3.63) is 24.3 Å². The molecule has 0 atom stereocenters. The smallest absolute Gasteiger partial charge is 0.212 e. The molecule has 2 aromatic rings.